The number of thioether (sulfide) groups is 1. The van der Waals surface area contributed by atoms with Crippen LogP contribution in [0.2, 0.25) is 0 Å². The van der Waals surface area contributed by atoms with Crippen LogP contribution in [0.15, 0.2) is 29.2 Å². The molecule has 1 aromatic carbocycles. The smallest absolute Gasteiger partial charge is 0.217 e. The van der Waals surface area contributed by atoms with Crippen LogP contribution in [0.3, 0.4) is 0 Å². The molecule has 1 heterocycles. The zero-order chi connectivity index (χ0) is 10.2. The van der Waals surface area contributed by atoms with Gasteiger partial charge >= 0.3 is 0 Å². The summed E-state index contributed by atoms with van der Waals surface area (Å²) in [5.74, 6) is 0. The molecule has 2 rings (SSSR count). The van der Waals surface area contributed by atoms with E-state index in [0.717, 1.165) is 10.5 Å². The van der Waals surface area contributed by atoms with E-state index < -0.39 is 10.0 Å². The van der Waals surface area contributed by atoms with Gasteiger partial charge in [0.1, 0.15) is 4.58 Å². The molecular weight excluding hydrogens is 218 g/mol. The van der Waals surface area contributed by atoms with Crippen LogP contribution < -0.4 is 4.72 Å². The Hall–Kier alpha value is -0.520. The average Bonchev–Trinajstić information content (AvgIpc) is 2.61. The Morgan fingerprint density at radius 2 is 2.14 bits per heavy atom. The number of benzene rings is 1. The van der Waals surface area contributed by atoms with Crippen LogP contribution in [-0.2, 0) is 16.4 Å². The fraction of sp³-hybridized carbons (Fsp3) is 0.333. The second kappa shape index (κ2) is 3.56. The topological polar surface area (TPSA) is 46.2 Å². The third-order valence-electron chi connectivity index (χ3n) is 2.25. The van der Waals surface area contributed by atoms with Crippen molar-refractivity contribution in [1.29, 1.82) is 0 Å². The van der Waals surface area contributed by atoms with E-state index in [9.17, 15) is 8.42 Å². The molecule has 1 N–H and O–H groups in total. The third-order valence-corrected chi connectivity index (χ3v) is 5.81. The number of sulfonamides is 1. The largest absolute Gasteiger partial charge is 0.224 e. The van der Waals surface area contributed by atoms with Gasteiger partial charge in [0.15, 0.2) is 0 Å². The average molecular weight is 229 g/mol. The van der Waals surface area contributed by atoms with Crippen LogP contribution in [0.4, 0.5) is 0 Å². The lowest BCUT2D eigenvalue weighted by atomic mass is 10.2. The molecule has 1 unspecified atom stereocenters. The van der Waals surface area contributed by atoms with Gasteiger partial charge in [-0.2, -0.15) is 0 Å². The minimum atomic E-state index is -3.15. The molecule has 3 nitrogen and oxygen atoms in total. The van der Waals surface area contributed by atoms with Gasteiger partial charge in [-0.05, 0) is 18.7 Å². The SMILES string of the molecule is CNS(=O)(=O)C1Cc2ccccc2S1. The van der Waals surface area contributed by atoms with E-state index >= 15 is 0 Å². The summed E-state index contributed by atoms with van der Waals surface area (Å²) in [5.41, 5.74) is 1.13. The predicted octanol–water partition coefficient (Wildman–Crippen LogP) is 1.21. The van der Waals surface area contributed by atoms with Crippen molar-refractivity contribution in [2.45, 2.75) is 15.9 Å². The van der Waals surface area contributed by atoms with E-state index in [1.165, 1.54) is 18.8 Å². The van der Waals surface area contributed by atoms with Crippen molar-refractivity contribution >= 4 is 21.8 Å². The van der Waals surface area contributed by atoms with E-state index in [0.29, 0.717) is 6.42 Å². The molecule has 0 spiro atoms. The highest BCUT2D eigenvalue weighted by molar-refractivity contribution is 8.13. The van der Waals surface area contributed by atoms with Crippen molar-refractivity contribution in [3.05, 3.63) is 29.8 Å². The standard InChI is InChI=1S/C9H11NO2S2/c1-10-14(11,12)9-6-7-4-2-3-5-8(7)13-9/h2-5,9-10H,6H2,1H3. The molecule has 14 heavy (non-hydrogen) atoms. The molecule has 1 aliphatic rings. The summed E-state index contributed by atoms with van der Waals surface area (Å²) >= 11 is 1.42. The van der Waals surface area contributed by atoms with Gasteiger partial charge in [-0.25, -0.2) is 13.1 Å². The number of hydrogen-bond acceptors (Lipinski definition) is 3. The van der Waals surface area contributed by atoms with E-state index in [2.05, 4.69) is 4.72 Å². The van der Waals surface area contributed by atoms with E-state index in [-0.39, 0.29) is 4.58 Å². The van der Waals surface area contributed by atoms with Gasteiger partial charge in [0.05, 0.1) is 0 Å². The van der Waals surface area contributed by atoms with Gasteiger partial charge in [-0.1, -0.05) is 18.2 Å². The van der Waals surface area contributed by atoms with Gasteiger partial charge in [-0.3, -0.25) is 0 Å². The Morgan fingerprint density at radius 3 is 2.79 bits per heavy atom. The first kappa shape index (κ1) is 10.0. The zero-order valence-corrected chi connectivity index (χ0v) is 9.36. The Morgan fingerprint density at radius 1 is 1.43 bits per heavy atom. The monoisotopic (exact) mass is 229 g/mol. The van der Waals surface area contributed by atoms with Gasteiger partial charge < -0.3 is 0 Å². The number of fused-ring (bicyclic) bond motifs is 1. The summed E-state index contributed by atoms with van der Waals surface area (Å²) in [6, 6.07) is 7.81. The summed E-state index contributed by atoms with van der Waals surface area (Å²) in [6.07, 6.45) is 0.601. The van der Waals surface area contributed by atoms with E-state index in [1.807, 2.05) is 24.3 Å². The van der Waals surface area contributed by atoms with E-state index in [4.69, 9.17) is 0 Å². The van der Waals surface area contributed by atoms with Crippen LogP contribution in [0.1, 0.15) is 5.56 Å². The second-order valence-corrected chi connectivity index (χ2v) is 6.72. The second-order valence-electron chi connectivity index (χ2n) is 3.11. The molecule has 0 fully saturated rings. The lowest BCUT2D eigenvalue weighted by Gasteiger charge is -2.07. The zero-order valence-electron chi connectivity index (χ0n) is 7.73. The molecule has 1 aromatic rings. The van der Waals surface area contributed by atoms with Crippen LogP contribution in [0.5, 0.6) is 0 Å². The molecule has 0 bridgehead atoms. The summed E-state index contributed by atoms with van der Waals surface area (Å²) < 4.78 is 25.1. The van der Waals surface area contributed by atoms with E-state index in [1.54, 1.807) is 0 Å². The lowest BCUT2D eigenvalue weighted by molar-refractivity contribution is 0.585. The van der Waals surface area contributed by atoms with Crippen molar-refractivity contribution in [2.24, 2.45) is 0 Å². The van der Waals surface area contributed by atoms with Crippen LogP contribution in [0.25, 0.3) is 0 Å². The normalized spacial score (nSPS) is 20.8. The minimum absolute atomic E-state index is 0.370. The Balaban J connectivity index is 2.28. The van der Waals surface area contributed by atoms with Gasteiger partial charge in [0.2, 0.25) is 10.0 Å². The van der Waals surface area contributed by atoms with Gasteiger partial charge in [0.25, 0.3) is 0 Å². The number of hydrogen-bond donors (Lipinski definition) is 1. The molecule has 1 atom stereocenters. The summed E-state index contributed by atoms with van der Waals surface area (Å²) in [7, 11) is -1.70. The molecule has 0 aromatic heterocycles. The van der Waals surface area contributed by atoms with Gasteiger partial charge in [0, 0.05) is 11.3 Å². The third kappa shape index (κ3) is 1.67. The first-order valence-electron chi connectivity index (χ1n) is 4.30. The molecule has 0 amide bonds. The molecule has 5 heteroatoms. The fourth-order valence-electron chi connectivity index (χ4n) is 1.45. The quantitative estimate of drug-likeness (QED) is 0.829. The molecular formula is C9H11NO2S2. The molecule has 0 saturated heterocycles. The Labute approximate surface area is 88.0 Å². The maximum absolute atomic E-state index is 11.5. The highest BCUT2D eigenvalue weighted by Crippen LogP contribution is 2.38. The van der Waals surface area contributed by atoms with Crippen molar-refractivity contribution in [3.63, 3.8) is 0 Å². The summed E-state index contributed by atoms with van der Waals surface area (Å²) in [6.45, 7) is 0. The van der Waals surface area contributed by atoms with Crippen molar-refractivity contribution in [3.8, 4) is 0 Å². The summed E-state index contributed by atoms with van der Waals surface area (Å²) in [5, 5.41) is 0. The number of rotatable bonds is 2. The first-order chi connectivity index (χ1) is 6.63. The van der Waals surface area contributed by atoms with Crippen LogP contribution in [0, 0.1) is 0 Å². The van der Waals surface area contributed by atoms with Crippen molar-refractivity contribution in [1.82, 2.24) is 4.72 Å². The predicted molar refractivity (Wildman–Crippen MR) is 57.8 cm³/mol. The molecule has 0 radical (unpaired) electrons. The molecule has 0 saturated carbocycles. The van der Waals surface area contributed by atoms with Crippen LogP contribution in [-0.4, -0.2) is 20.0 Å². The highest BCUT2D eigenvalue weighted by Gasteiger charge is 2.31. The first-order valence-corrected chi connectivity index (χ1v) is 6.73. The maximum atomic E-state index is 11.5. The number of nitrogens with one attached hydrogen (secondary N) is 1. The Kier molecular flexibility index (Phi) is 2.55. The fourth-order valence-corrected chi connectivity index (χ4v) is 4.23. The molecule has 76 valence electrons. The lowest BCUT2D eigenvalue weighted by Crippen LogP contribution is -2.29. The van der Waals surface area contributed by atoms with Gasteiger partial charge in [-0.15, -0.1) is 11.8 Å². The molecule has 0 aliphatic carbocycles. The Bertz CT molecular complexity index is 417. The summed E-state index contributed by atoms with van der Waals surface area (Å²) in [4.78, 5) is 1.08. The van der Waals surface area contributed by atoms with Crippen LogP contribution >= 0.6 is 11.8 Å². The molecule has 1 aliphatic heterocycles. The maximum Gasteiger partial charge on any atom is 0.224 e. The van der Waals surface area contributed by atoms with Crippen molar-refractivity contribution in [2.75, 3.05) is 7.05 Å². The highest BCUT2D eigenvalue weighted by atomic mass is 32.3. The van der Waals surface area contributed by atoms with Crippen molar-refractivity contribution < 1.29 is 8.42 Å². The minimum Gasteiger partial charge on any atom is -0.217 e.